The zero-order valence-electron chi connectivity index (χ0n) is 23.8. The zero-order valence-corrected chi connectivity index (χ0v) is 24.7. The number of hydrogen-bond donors (Lipinski definition) is 6. The predicted octanol–water partition coefficient (Wildman–Crippen LogP) is 1.52. The third kappa shape index (κ3) is 11.4. The monoisotopic (exact) mass is 568 g/mol. The number of nitrogens with zero attached hydrogens (tertiary/aromatic N) is 4. The second kappa shape index (κ2) is 15.8. The normalized spacial score (nSPS) is 27.8. The summed E-state index contributed by atoms with van der Waals surface area (Å²) in [6.07, 6.45) is 13.4. The van der Waals surface area contributed by atoms with Crippen LogP contribution in [0.2, 0.25) is 0 Å². The highest BCUT2D eigenvalue weighted by atomic mass is 31.2. The Hall–Kier alpha value is -1.07. The van der Waals surface area contributed by atoms with Crippen LogP contribution in [0.1, 0.15) is 70.6 Å². The van der Waals surface area contributed by atoms with Crippen LogP contribution in [0.15, 0.2) is 9.98 Å². The standard InChI is InChI=1S/C27H53N8O3P/c28-25-19-26(35-15-13-34(14-16-35)17-18-39(36,37)38)33-27(32-25)31-21-23-9-7-22(8-10-23)20-29-11-4-12-30-24-5-2-1-3-6-24/h22-24,27,29-31H,1-21H2,(H2,28,32)(H2,36,37,38). The summed E-state index contributed by atoms with van der Waals surface area (Å²) in [6, 6.07) is 0.765. The van der Waals surface area contributed by atoms with Crippen molar-refractivity contribution >= 4 is 19.3 Å². The average molecular weight is 569 g/mol. The number of nitrogens with two attached hydrogens (primary N) is 1. The molecule has 3 fully saturated rings. The van der Waals surface area contributed by atoms with Gasteiger partial charge in [-0.05, 0) is 76.4 Å². The van der Waals surface area contributed by atoms with Crippen molar-refractivity contribution in [3.8, 4) is 0 Å². The van der Waals surface area contributed by atoms with Gasteiger partial charge in [0.1, 0.15) is 11.7 Å². The lowest BCUT2D eigenvalue weighted by molar-refractivity contribution is 0.186. The first-order valence-electron chi connectivity index (χ1n) is 15.4. The van der Waals surface area contributed by atoms with Gasteiger partial charge in [-0.3, -0.25) is 14.8 Å². The molecule has 1 atom stereocenters. The molecule has 2 saturated carbocycles. The van der Waals surface area contributed by atoms with E-state index < -0.39 is 7.60 Å². The fourth-order valence-electron chi connectivity index (χ4n) is 6.41. The third-order valence-corrected chi connectivity index (χ3v) is 9.68. The number of nitrogens with one attached hydrogen (secondary N) is 3. The van der Waals surface area contributed by atoms with E-state index in [-0.39, 0.29) is 12.5 Å². The molecular formula is C27H53N8O3P. The smallest absolute Gasteiger partial charge is 0.326 e. The Morgan fingerprint density at radius 2 is 1.56 bits per heavy atom. The Morgan fingerprint density at radius 3 is 2.26 bits per heavy atom. The Bertz CT molecular complexity index is 831. The second-order valence-corrected chi connectivity index (χ2v) is 13.9. The molecule has 0 aromatic heterocycles. The number of aliphatic imine (C=N–C) groups is 2. The van der Waals surface area contributed by atoms with Crippen LogP contribution >= 0.6 is 7.60 Å². The maximum absolute atomic E-state index is 11.2. The molecular weight excluding hydrogens is 515 g/mol. The Morgan fingerprint density at radius 1 is 0.872 bits per heavy atom. The van der Waals surface area contributed by atoms with Gasteiger partial charge < -0.3 is 31.1 Å². The molecule has 0 aromatic carbocycles. The lowest BCUT2D eigenvalue weighted by atomic mass is 9.82. The summed E-state index contributed by atoms with van der Waals surface area (Å²) in [7, 11) is -3.95. The van der Waals surface area contributed by atoms with Crippen LogP contribution < -0.4 is 21.7 Å². The van der Waals surface area contributed by atoms with Gasteiger partial charge in [0, 0.05) is 45.3 Å². The number of amidine groups is 2. The van der Waals surface area contributed by atoms with Gasteiger partial charge in [0.05, 0.1) is 12.6 Å². The summed E-state index contributed by atoms with van der Waals surface area (Å²) in [5.74, 6) is 3.04. The van der Waals surface area contributed by atoms with E-state index in [9.17, 15) is 4.57 Å². The zero-order chi connectivity index (χ0) is 27.5. The second-order valence-electron chi connectivity index (χ2n) is 12.1. The molecule has 0 aromatic rings. The van der Waals surface area contributed by atoms with Gasteiger partial charge in [-0.2, -0.15) is 0 Å². The van der Waals surface area contributed by atoms with E-state index in [4.69, 9.17) is 20.5 Å². The van der Waals surface area contributed by atoms with Crippen molar-refractivity contribution in [2.45, 2.75) is 83.0 Å². The number of rotatable bonds is 13. The molecule has 0 spiro atoms. The molecule has 4 aliphatic rings. The van der Waals surface area contributed by atoms with Crippen molar-refractivity contribution in [3.63, 3.8) is 0 Å². The first-order valence-corrected chi connectivity index (χ1v) is 17.2. The first-order chi connectivity index (χ1) is 18.8. The summed E-state index contributed by atoms with van der Waals surface area (Å²) in [5, 5.41) is 11.0. The van der Waals surface area contributed by atoms with Crippen molar-refractivity contribution in [3.05, 3.63) is 0 Å². The fourth-order valence-corrected chi connectivity index (χ4v) is 6.95. The van der Waals surface area contributed by atoms with Crippen molar-refractivity contribution in [2.75, 3.05) is 65.1 Å². The Kier molecular flexibility index (Phi) is 12.5. The summed E-state index contributed by atoms with van der Waals surface area (Å²) < 4.78 is 11.2. The van der Waals surface area contributed by atoms with Crippen LogP contribution in [0.4, 0.5) is 0 Å². The molecule has 0 bridgehead atoms. The van der Waals surface area contributed by atoms with E-state index in [0.29, 0.717) is 24.7 Å². The SMILES string of the molecule is NC1=NC(NCC2CCC(CNCCCNC3CCCCC3)CC2)N=C(N2CCN(CCP(=O)(O)O)CC2)C1. The van der Waals surface area contributed by atoms with E-state index in [1.165, 1.54) is 64.2 Å². The highest BCUT2D eigenvalue weighted by Crippen LogP contribution is 2.33. The van der Waals surface area contributed by atoms with Crippen LogP contribution in [0.5, 0.6) is 0 Å². The van der Waals surface area contributed by atoms with Gasteiger partial charge in [0.2, 0.25) is 0 Å². The molecule has 12 heteroatoms. The predicted molar refractivity (Wildman–Crippen MR) is 158 cm³/mol. The molecule has 2 aliphatic heterocycles. The van der Waals surface area contributed by atoms with E-state index >= 15 is 0 Å². The lowest BCUT2D eigenvalue weighted by Crippen LogP contribution is -2.51. The largest absolute Gasteiger partial charge is 0.387 e. The average Bonchev–Trinajstić information content (AvgIpc) is 2.93. The van der Waals surface area contributed by atoms with Crippen molar-refractivity contribution in [1.82, 2.24) is 25.8 Å². The molecule has 1 saturated heterocycles. The Labute approximate surface area is 235 Å². The van der Waals surface area contributed by atoms with Crippen molar-refractivity contribution < 1.29 is 14.4 Å². The van der Waals surface area contributed by atoms with Crippen LogP contribution in [0.3, 0.4) is 0 Å². The summed E-state index contributed by atoms with van der Waals surface area (Å²) in [5.41, 5.74) is 6.18. The highest BCUT2D eigenvalue weighted by molar-refractivity contribution is 7.51. The molecule has 0 radical (unpaired) electrons. The lowest BCUT2D eigenvalue weighted by Gasteiger charge is -2.37. The van der Waals surface area contributed by atoms with Crippen LogP contribution in [0, 0.1) is 11.8 Å². The molecule has 2 aliphatic carbocycles. The maximum atomic E-state index is 11.2. The van der Waals surface area contributed by atoms with Gasteiger partial charge in [0.25, 0.3) is 0 Å². The van der Waals surface area contributed by atoms with Crippen LogP contribution in [-0.2, 0) is 4.57 Å². The fraction of sp³-hybridized carbons (Fsp3) is 0.926. The summed E-state index contributed by atoms with van der Waals surface area (Å²) in [4.78, 5) is 32.0. The molecule has 7 N–H and O–H groups in total. The van der Waals surface area contributed by atoms with E-state index in [1.54, 1.807) is 0 Å². The highest BCUT2D eigenvalue weighted by Gasteiger charge is 2.26. The number of piperazine rings is 1. The minimum Gasteiger partial charge on any atom is -0.387 e. The summed E-state index contributed by atoms with van der Waals surface area (Å²) in [6.45, 7) is 7.86. The van der Waals surface area contributed by atoms with E-state index in [1.807, 2.05) is 0 Å². The minimum absolute atomic E-state index is 0.0873. The van der Waals surface area contributed by atoms with Crippen molar-refractivity contribution in [1.29, 1.82) is 0 Å². The quantitative estimate of drug-likeness (QED) is 0.144. The number of hydrogen-bond acceptors (Lipinski definition) is 9. The maximum Gasteiger partial charge on any atom is 0.326 e. The van der Waals surface area contributed by atoms with E-state index in [2.05, 4.69) is 30.7 Å². The van der Waals surface area contributed by atoms with Gasteiger partial charge in [-0.1, -0.05) is 19.3 Å². The molecule has 224 valence electrons. The molecule has 2 heterocycles. The molecule has 11 nitrogen and oxygen atoms in total. The molecule has 39 heavy (non-hydrogen) atoms. The molecule has 4 rings (SSSR count). The minimum atomic E-state index is -3.95. The van der Waals surface area contributed by atoms with Crippen LogP contribution in [-0.4, -0.2) is 109 Å². The van der Waals surface area contributed by atoms with Gasteiger partial charge in [0.15, 0.2) is 6.29 Å². The third-order valence-electron chi connectivity index (χ3n) is 8.90. The molecule has 0 amide bonds. The van der Waals surface area contributed by atoms with Gasteiger partial charge in [-0.15, -0.1) is 0 Å². The van der Waals surface area contributed by atoms with Crippen molar-refractivity contribution in [2.24, 2.45) is 27.6 Å². The first kappa shape index (κ1) is 30.9. The molecule has 1 unspecified atom stereocenters. The Balaban J connectivity index is 1.07. The topological polar surface area (TPSA) is 151 Å². The van der Waals surface area contributed by atoms with E-state index in [0.717, 1.165) is 70.2 Å². The van der Waals surface area contributed by atoms with Gasteiger partial charge in [-0.25, -0.2) is 9.98 Å². The summed E-state index contributed by atoms with van der Waals surface area (Å²) >= 11 is 0. The van der Waals surface area contributed by atoms with Gasteiger partial charge >= 0.3 is 7.60 Å². The van der Waals surface area contributed by atoms with Crippen LogP contribution in [0.25, 0.3) is 0 Å².